The van der Waals surface area contributed by atoms with Crippen LogP contribution in [-0.4, -0.2) is 29.9 Å². The monoisotopic (exact) mass is 353 g/mol. The maximum atomic E-state index is 12.6. The van der Waals surface area contributed by atoms with Crippen LogP contribution in [0, 0.1) is 0 Å². The molecule has 1 N–H and O–H groups in total. The van der Waals surface area contributed by atoms with E-state index in [0.29, 0.717) is 6.61 Å². The molecule has 1 heterocycles. The highest BCUT2D eigenvalue weighted by atomic mass is 16.7. The Bertz CT molecular complexity index is 677. The summed E-state index contributed by atoms with van der Waals surface area (Å²) in [4.78, 5) is 12.6. The van der Waals surface area contributed by atoms with Crippen LogP contribution in [-0.2, 0) is 27.1 Å². The van der Waals surface area contributed by atoms with E-state index in [1.807, 2.05) is 57.2 Å². The molecule has 1 fully saturated rings. The summed E-state index contributed by atoms with van der Waals surface area (Å²) in [6.45, 7) is 5.95. The fourth-order valence-electron chi connectivity index (χ4n) is 2.99. The summed E-state index contributed by atoms with van der Waals surface area (Å²) in [7, 11) is 0. The molecular formula is C22H27NO3. The van der Waals surface area contributed by atoms with Gasteiger partial charge in [-0.15, -0.1) is 0 Å². The Morgan fingerprint density at radius 2 is 1.50 bits per heavy atom. The molecule has 1 saturated heterocycles. The fourth-order valence-corrected chi connectivity index (χ4v) is 2.99. The van der Waals surface area contributed by atoms with E-state index in [1.165, 1.54) is 11.1 Å². The number of carbonyl (C=O) groups excluding carboxylic acids is 1. The molecule has 26 heavy (non-hydrogen) atoms. The Morgan fingerprint density at radius 3 is 1.88 bits per heavy atom. The molecule has 4 nitrogen and oxygen atoms in total. The van der Waals surface area contributed by atoms with Gasteiger partial charge in [0.15, 0.2) is 0 Å². The number of carbonyl (C=O) groups is 1. The second-order valence-electron chi connectivity index (χ2n) is 7.84. The lowest BCUT2D eigenvalue weighted by molar-refractivity contribution is -0.163. The first kappa shape index (κ1) is 18.6. The van der Waals surface area contributed by atoms with Crippen LogP contribution in [0.1, 0.15) is 31.9 Å². The van der Waals surface area contributed by atoms with E-state index in [9.17, 15) is 4.79 Å². The van der Waals surface area contributed by atoms with Gasteiger partial charge < -0.3 is 9.47 Å². The summed E-state index contributed by atoms with van der Waals surface area (Å²) < 4.78 is 11.1. The number of hydrogen-bond donors (Lipinski definition) is 1. The lowest BCUT2D eigenvalue weighted by Crippen LogP contribution is -2.50. The van der Waals surface area contributed by atoms with Crippen molar-refractivity contribution in [2.24, 2.45) is 0 Å². The second-order valence-corrected chi connectivity index (χ2v) is 7.84. The van der Waals surface area contributed by atoms with E-state index in [-0.39, 0.29) is 12.0 Å². The Morgan fingerprint density at radius 1 is 1.04 bits per heavy atom. The largest absolute Gasteiger partial charge is 0.457 e. The second kappa shape index (κ2) is 7.60. The molecule has 4 heteroatoms. The Labute approximate surface area is 155 Å². The molecule has 2 aromatic carbocycles. The Balaban J connectivity index is 1.74. The summed E-state index contributed by atoms with van der Waals surface area (Å²) in [5.74, 6) is -0.337. The van der Waals surface area contributed by atoms with Crippen molar-refractivity contribution in [1.82, 2.24) is 5.32 Å². The minimum atomic E-state index is -1.01. The van der Waals surface area contributed by atoms with Crippen molar-refractivity contribution in [3.05, 3.63) is 71.8 Å². The van der Waals surface area contributed by atoms with Crippen molar-refractivity contribution in [2.45, 2.75) is 51.0 Å². The van der Waals surface area contributed by atoms with Crippen LogP contribution in [0.15, 0.2) is 60.7 Å². The molecule has 3 rings (SSSR count). The molecule has 138 valence electrons. The Kier molecular flexibility index (Phi) is 5.44. The van der Waals surface area contributed by atoms with Gasteiger partial charge in [0.2, 0.25) is 5.72 Å². The van der Waals surface area contributed by atoms with Gasteiger partial charge in [-0.2, -0.15) is 0 Å². The number of epoxide rings is 1. The molecule has 0 saturated carbocycles. The summed E-state index contributed by atoms with van der Waals surface area (Å²) >= 11 is 0. The number of esters is 1. The van der Waals surface area contributed by atoms with Crippen molar-refractivity contribution in [1.29, 1.82) is 0 Å². The lowest BCUT2D eigenvalue weighted by Gasteiger charge is -2.26. The molecule has 0 spiro atoms. The van der Waals surface area contributed by atoms with E-state index in [1.54, 1.807) is 0 Å². The number of hydrogen-bond acceptors (Lipinski definition) is 4. The smallest absolute Gasteiger partial charge is 0.356 e. The summed E-state index contributed by atoms with van der Waals surface area (Å²) in [6, 6.07) is 20.6. The molecule has 1 atom stereocenters. The van der Waals surface area contributed by atoms with E-state index >= 15 is 0 Å². The summed E-state index contributed by atoms with van der Waals surface area (Å²) in [5.41, 5.74) is 0.898. The number of rotatable bonds is 7. The summed E-state index contributed by atoms with van der Waals surface area (Å²) in [6.07, 6.45) is 1.62. The topological polar surface area (TPSA) is 50.9 Å². The first-order valence-electron chi connectivity index (χ1n) is 9.09. The van der Waals surface area contributed by atoms with Gasteiger partial charge in [-0.05, 0) is 44.7 Å². The molecule has 0 radical (unpaired) electrons. The third-order valence-electron chi connectivity index (χ3n) is 4.25. The van der Waals surface area contributed by atoms with Crippen molar-refractivity contribution < 1.29 is 14.3 Å². The van der Waals surface area contributed by atoms with Crippen molar-refractivity contribution in [3.8, 4) is 0 Å². The van der Waals surface area contributed by atoms with E-state index < -0.39 is 11.3 Å². The standard InChI is InChI=1S/C22H27NO3/c1-21(2,3)26-20(24)22(16-25-22)23-19(14-17-10-6-4-7-11-17)15-18-12-8-5-9-13-18/h4-13,19,23H,14-16H2,1-3H3. The van der Waals surface area contributed by atoms with Crippen LogP contribution in [0.3, 0.4) is 0 Å². The molecule has 1 aliphatic rings. The third-order valence-corrected chi connectivity index (χ3v) is 4.25. The predicted molar refractivity (Wildman–Crippen MR) is 102 cm³/mol. The third kappa shape index (κ3) is 5.16. The molecule has 2 aromatic rings. The van der Waals surface area contributed by atoms with Crippen molar-refractivity contribution in [2.75, 3.05) is 6.61 Å². The van der Waals surface area contributed by atoms with Gasteiger partial charge in [0, 0.05) is 6.04 Å². The highest BCUT2D eigenvalue weighted by Crippen LogP contribution is 2.29. The van der Waals surface area contributed by atoms with E-state index in [0.717, 1.165) is 12.8 Å². The molecule has 1 unspecified atom stereocenters. The minimum Gasteiger partial charge on any atom is -0.457 e. The fraction of sp³-hybridized carbons (Fsp3) is 0.409. The van der Waals surface area contributed by atoms with Crippen LogP contribution >= 0.6 is 0 Å². The van der Waals surface area contributed by atoms with Gasteiger partial charge in [-0.1, -0.05) is 60.7 Å². The maximum absolute atomic E-state index is 12.6. The SMILES string of the molecule is CC(C)(C)OC(=O)C1(NC(Cc2ccccc2)Cc2ccccc2)CO1. The molecule has 0 aromatic heterocycles. The zero-order chi connectivity index (χ0) is 18.6. The van der Waals surface area contributed by atoms with Crippen LogP contribution in [0.5, 0.6) is 0 Å². The number of ether oxygens (including phenoxy) is 2. The van der Waals surface area contributed by atoms with Gasteiger partial charge in [-0.25, -0.2) is 4.79 Å². The molecule has 1 aliphatic heterocycles. The zero-order valence-corrected chi connectivity index (χ0v) is 15.7. The zero-order valence-electron chi connectivity index (χ0n) is 15.7. The van der Waals surface area contributed by atoms with Crippen molar-refractivity contribution in [3.63, 3.8) is 0 Å². The average Bonchev–Trinajstić information content (AvgIpc) is 3.36. The van der Waals surface area contributed by atoms with Gasteiger partial charge in [-0.3, -0.25) is 5.32 Å². The van der Waals surface area contributed by atoms with E-state index in [2.05, 4.69) is 29.6 Å². The van der Waals surface area contributed by atoms with E-state index in [4.69, 9.17) is 9.47 Å². The van der Waals surface area contributed by atoms with Crippen molar-refractivity contribution >= 4 is 5.97 Å². The van der Waals surface area contributed by atoms with Gasteiger partial charge >= 0.3 is 5.97 Å². The first-order valence-corrected chi connectivity index (χ1v) is 9.09. The highest BCUT2D eigenvalue weighted by Gasteiger charge is 2.56. The molecule has 0 aliphatic carbocycles. The Hall–Kier alpha value is -2.17. The molecule has 0 amide bonds. The van der Waals surface area contributed by atoms with Gasteiger partial charge in [0.05, 0.1) is 0 Å². The van der Waals surface area contributed by atoms with Gasteiger partial charge in [0.1, 0.15) is 12.2 Å². The lowest BCUT2D eigenvalue weighted by atomic mass is 9.98. The van der Waals surface area contributed by atoms with Crippen LogP contribution in [0.4, 0.5) is 0 Å². The van der Waals surface area contributed by atoms with Crippen LogP contribution < -0.4 is 5.32 Å². The highest BCUT2D eigenvalue weighted by molar-refractivity contribution is 5.82. The molecule has 0 bridgehead atoms. The maximum Gasteiger partial charge on any atom is 0.356 e. The minimum absolute atomic E-state index is 0.0646. The predicted octanol–water partition coefficient (Wildman–Crippen LogP) is 3.50. The number of nitrogens with one attached hydrogen (secondary N) is 1. The summed E-state index contributed by atoms with van der Waals surface area (Å²) in [5, 5.41) is 3.43. The number of benzene rings is 2. The molecular weight excluding hydrogens is 326 g/mol. The van der Waals surface area contributed by atoms with Crippen LogP contribution in [0.25, 0.3) is 0 Å². The normalized spacial score (nSPS) is 19.4. The van der Waals surface area contributed by atoms with Crippen LogP contribution in [0.2, 0.25) is 0 Å². The average molecular weight is 353 g/mol. The first-order chi connectivity index (χ1) is 12.4. The quantitative estimate of drug-likeness (QED) is 0.611. The van der Waals surface area contributed by atoms with Gasteiger partial charge in [0.25, 0.3) is 0 Å².